The Kier molecular flexibility index (Phi) is 4.77. The van der Waals surface area contributed by atoms with E-state index < -0.39 is 0 Å². The summed E-state index contributed by atoms with van der Waals surface area (Å²) in [5, 5.41) is 0. The lowest BCUT2D eigenvalue weighted by molar-refractivity contribution is 0.206. The minimum Gasteiger partial charge on any atom is -0.289 e. The predicted octanol–water partition coefficient (Wildman–Crippen LogP) is 4.17. The van der Waals surface area contributed by atoms with Gasteiger partial charge in [0.05, 0.1) is 0 Å². The van der Waals surface area contributed by atoms with Crippen molar-refractivity contribution in [3.05, 3.63) is 60.7 Å². The Morgan fingerprint density at radius 2 is 2.00 bits per heavy atom. The van der Waals surface area contributed by atoms with Crippen LogP contribution in [0.2, 0.25) is 0 Å². The first kappa shape index (κ1) is 13.1. The van der Waals surface area contributed by atoms with Gasteiger partial charge in [-0.05, 0) is 24.8 Å². The molecule has 96 valence electrons. The first-order valence-electron chi connectivity index (χ1n) is 6.88. The fraction of sp³-hybridized carbons (Fsp3) is 0.412. The van der Waals surface area contributed by atoms with Gasteiger partial charge in [0, 0.05) is 19.1 Å². The van der Waals surface area contributed by atoms with Gasteiger partial charge in [-0.15, -0.1) is 6.58 Å². The topological polar surface area (TPSA) is 3.24 Å². The molecule has 0 aromatic heterocycles. The molecular formula is C17H23N. The molecule has 1 nitrogen and oxygen atoms in total. The largest absolute Gasteiger partial charge is 0.289 e. The van der Waals surface area contributed by atoms with E-state index in [1.807, 2.05) is 6.08 Å². The van der Waals surface area contributed by atoms with E-state index in [4.69, 9.17) is 0 Å². The minimum atomic E-state index is 0.539. The van der Waals surface area contributed by atoms with E-state index in [9.17, 15) is 0 Å². The van der Waals surface area contributed by atoms with E-state index in [1.54, 1.807) is 0 Å². The summed E-state index contributed by atoms with van der Waals surface area (Å²) in [4.78, 5) is 2.50. The molecule has 18 heavy (non-hydrogen) atoms. The molecule has 0 bridgehead atoms. The lowest BCUT2D eigenvalue weighted by Gasteiger charge is -2.35. The van der Waals surface area contributed by atoms with Crippen LogP contribution in [0.3, 0.4) is 0 Å². The SMILES string of the molecule is C=CCN(Cc1ccccc1)C1CCCCC1=C. The number of rotatable bonds is 5. The van der Waals surface area contributed by atoms with Crippen molar-refractivity contribution < 1.29 is 0 Å². The smallest absolute Gasteiger partial charge is 0.0311 e. The van der Waals surface area contributed by atoms with Crippen LogP contribution in [0.15, 0.2) is 55.1 Å². The highest BCUT2D eigenvalue weighted by Crippen LogP contribution is 2.27. The Bertz CT molecular complexity index is 393. The maximum Gasteiger partial charge on any atom is 0.0311 e. The molecule has 1 aliphatic carbocycles. The summed E-state index contributed by atoms with van der Waals surface area (Å²) in [6, 6.07) is 11.2. The van der Waals surface area contributed by atoms with Crippen molar-refractivity contribution in [3.63, 3.8) is 0 Å². The van der Waals surface area contributed by atoms with Crippen LogP contribution in [-0.2, 0) is 6.54 Å². The van der Waals surface area contributed by atoms with E-state index in [1.165, 1.54) is 36.8 Å². The molecule has 0 amide bonds. The zero-order chi connectivity index (χ0) is 12.8. The van der Waals surface area contributed by atoms with Crippen LogP contribution in [0, 0.1) is 0 Å². The molecule has 1 aliphatic rings. The lowest BCUT2D eigenvalue weighted by atomic mass is 9.89. The average Bonchev–Trinajstić information content (AvgIpc) is 2.40. The Hall–Kier alpha value is -1.34. The van der Waals surface area contributed by atoms with Crippen molar-refractivity contribution in [2.45, 2.75) is 38.3 Å². The Labute approximate surface area is 111 Å². The second kappa shape index (κ2) is 6.55. The standard InChI is InChI=1S/C17H23N/c1-3-13-18(14-16-10-5-4-6-11-16)17-12-8-7-9-15(17)2/h3-6,10-11,17H,1-2,7-9,12-14H2. The third-order valence-corrected chi connectivity index (χ3v) is 3.73. The Morgan fingerprint density at radius 1 is 1.22 bits per heavy atom. The molecule has 0 N–H and O–H groups in total. The van der Waals surface area contributed by atoms with Crippen LogP contribution in [0.4, 0.5) is 0 Å². The predicted molar refractivity (Wildman–Crippen MR) is 78.4 cm³/mol. The summed E-state index contributed by atoms with van der Waals surface area (Å²) in [6.45, 7) is 10.1. The highest BCUT2D eigenvalue weighted by atomic mass is 15.1. The highest BCUT2D eigenvalue weighted by Gasteiger charge is 2.23. The third kappa shape index (κ3) is 3.33. The average molecular weight is 241 g/mol. The van der Waals surface area contributed by atoms with E-state index in [0.717, 1.165) is 13.1 Å². The summed E-state index contributed by atoms with van der Waals surface area (Å²) in [5.41, 5.74) is 2.77. The van der Waals surface area contributed by atoms with Crippen molar-refractivity contribution in [2.24, 2.45) is 0 Å². The van der Waals surface area contributed by atoms with Crippen LogP contribution in [-0.4, -0.2) is 17.5 Å². The summed E-state index contributed by atoms with van der Waals surface area (Å²) in [5.74, 6) is 0. The van der Waals surface area contributed by atoms with Gasteiger partial charge in [0.2, 0.25) is 0 Å². The second-order valence-electron chi connectivity index (χ2n) is 5.12. The number of benzene rings is 1. The summed E-state index contributed by atoms with van der Waals surface area (Å²) < 4.78 is 0. The van der Waals surface area contributed by atoms with Crippen molar-refractivity contribution >= 4 is 0 Å². The lowest BCUT2D eigenvalue weighted by Crippen LogP contribution is -2.37. The molecule has 1 aromatic carbocycles. The summed E-state index contributed by atoms with van der Waals surface area (Å²) >= 11 is 0. The Balaban J connectivity index is 2.07. The van der Waals surface area contributed by atoms with Crippen LogP contribution >= 0.6 is 0 Å². The van der Waals surface area contributed by atoms with Gasteiger partial charge in [-0.3, -0.25) is 4.90 Å². The molecule has 1 atom stereocenters. The van der Waals surface area contributed by atoms with Crippen molar-refractivity contribution in [1.29, 1.82) is 0 Å². The molecule has 0 radical (unpaired) electrons. The normalized spacial score (nSPS) is 20.1. The fourth-order valence-electron chi connectivity index (χ4n) is 2.79. The van der Waals surface area contributed by atoms with Crippen LogP contribution < -0.4 is 0 Å². The second-order valence-corrected chi connectivity index (χ2v) is 5.12. The molecule has 0 heterocycles. The first-order chi connectivity index (χ1) is 8.81. The molecule has 1 aromatic rings. The molecule has 2 rings (SSSR count). The van der Waals surface area contributed by atoms with E-state index >= 15 is 0 Å². The van der Waals surface area contributed by atoms with Crippen LogP contribution in [0.5, 0.6) is 0 Å². The van der Waals surface area contributed by atoms with E-state index in [0.29, 0.717) is 6.04 Å². The monoisotopic (exact) mass is 241 g/mol. The maximum absolute atomic E-state index is 4.26. The van der Waals surface area contributed by atoms with E-state index in [-0.39, 0.29) is 0 Å². The summed E-state index contributed by atoms with van der Waals surface area (Å²) in [7, 11) is 0. The number of hydrogen-bond acceptors (Lipinski definition) is 1. The molecule has 1 saturated carbocycles. The third-order valence-electron chi connectivity index (χ3n) is 3.73. The van der Waals surface area contributed by atoms with Gasteiger partial charge in [0.1, 0.15) is 0 Å². The zero-order valence-electron chi connectivity index (χ0n) is 11.1. The fourth-order valence-corrected chi connectivity index (χ4v) is 2.79. The molecule has 1 unspecified atom stereocenters. The highest BCUT2D eigenvalue weighted by molar-refractivity contribution is 5.16. The van der Waals surface area contributed by atoms with Crippen LogP contribution in [0.25, 0.3) is 0 Å². The van der Waals surface area contributed by atoms with Crippen molar-refractivity contribution in [1.82, 2.24) is 4.90 Å². The minimum absolute atomic E-state index is 0.539. The molecule has 1 heteroatoms. The van der Waals surface area contributed by atoms with Crippen LogP contribution in [0.1, 0.15) is 31.2 Å². The number of nitrogens with zero attached hydrogens (tertiary/aromatic N) is 1. The molecule has 0 saturated heterocycles. The number of hydrogen-bond donors (Lipinski definition) is 0. The zero-order valence-corrected chi connectivity index (χ0v) is 11.1. The van der Waals surface area contributed by atoms with Crippen molar-refractivity contribution in [2.75, 3.05) is 6.54 Å². The first-order valence-corrected chi connectivity index (χ1v) is 6.88. The molecule has 1 fully saturated rings. The maximum atomic E-state index is 4.26. The van der Waals surface area contributed by atoms with Gasteiger partial charge in [0.15, 0.2) is 0 Å². The summed E-state index contributed by atoms with van der Waals surface area (Å²) in [6.07, 6.45) is 7.08. The van der Waals surface area contributed by atoms with Gasteiger partial charge in [-0.2, -0.15) is 0 Å². The Morgan fingerprint density at radius 3 is 2.67 bits per heavy atom. The molecular weight excluding hydrogens is 218 g/mol. The quantitative estimate of drug-likeness (QED) is 0.699. The molecule has 0 aliphatic heterocycles. The van der Waals surface area contributed by atoms with Gasteiger partial charge in [-0.1, -0.05) is 55.0 Å². The van der Waals surface area contributed by atoms with Gasteiger partial charge < -0.3 is 0 Å². The van der Waals surface area contributed by atoms with Gasteiger partial charge in [0.25, 0.3) is 0 Å². The van der Waals surface area contributed by atoms with E-state index in [2.05, 4.69) is 48.4 Å². The van der Waals surface area contributed by atoms with Crippen molar-refractivity contribution in [3.8, 4) is 0 Å². The molecule has 0 spiro atoms. The van der Waals surface area contributed by atoms with Gasteiger partial charge >= 0.3 is 0 Å². The van der Waals surface area contributed by atoms with Gasteiger partial charge in [-0.25, -0.2) is 0 Å².